The van der Waals surface area contributed by atoms with E-state index in [0.717, 1.165) is 10.5 Å². The van der Waals surface area contributed by atoms with Crippen LogP contribution in [0.2, 0.25) is 0 Å². The molecular weight excluding hydrogens is 212 g/mol. The number of alkyl halides is 1. The third-order valence-electron chi connectivity index (χ3n) is 1.53. The molecule has 1 saturated heterocycles. The maximum Gasteiger partial charge on any atom is 0.156 e. The molecular formula is C6H11BrN2S. The Balaban J connectivity index is 2.52. The van der Waals surface area contributed by atoms with Gasteiger partial charge in [-0.05, 0) is 6.92 Å². The predicted molar refractivity (Wildman–Crippen MR) is 51.1 cm³/mol. The van der Waals surface area contributed by atoms with Crippen LogP contribution in [0.15, 0.2) is 4.99 Å². The van der Waals surface area contributed by atoms with Gasteiger partial charge in [0.15, 0.2) is 5.17 Å². The van der Waals surface area contributed by atoms with Gasteiger partial charge in [0.05, 0.1) is 0 Å². The Labute approximate surface area is 74.0 Å². The van der Waals surface area contributed by atoms with E-state index in [4.69, 9.17) is 0 Å². The van der Waals surface area contributed by atoms with Crippen molar-refractivity contribution in [3.05, 3.63) is 0 Å². The number of rotatable bonds is 1. The first kappa shape index (κ1) is 8.40. The minimum atomic E-state index is 0.545. The van der Waals surface area contributed by atoms with Gasteiger partial charge in [-0.1, -0.05) is 27.7 Å². The Morgan fingerprint density at radius 3 is 2.80 bits per heavy atom. The van der Waals surface area contributed by atoms with Crippen LogP contribution < -0.4 is 5.32 Å². The van der Waals surface area contributed by atoms with Crippen molar-refractivity contribution in [2.45, 2.75) is 18.2 Å². The molecule has 0 aromatic rings. The van der Waals surface area contributed by atoms with E-state index in [-0.39, 0.29) is 0 Å². The average molecular weight is 223 g/mol. The fraction of sp³-hybridized carbons (Fsp3) is 0.833. The molecule has 2 atom stereocenters. The van der Waals surface area contributed by atoms with Crippen LogP contribution in [-0.2, 0) is 0 Å². The van der Waals surface area contributed by atoms with Crippen molar-refractivity contribution in [1.29, 1.82) is 0 Å². The van der Waals surface area contributed by atoms with Gasteiger partial charge >= 0.3 is 0 Å². The molecule has 2 unspecified atom stereocenters. The van der Waals surface area contributed by atoms with E-state index >= 15 is 0 Å². The summed E-state index contributed by atoms with van der Waals surface area (Å²) in [6.45, 7) is 2.18. The molecule has 0 aromatic carbocycles. The van der Waals surface area contributed by atoms with Gasteiger partial charge < -0.3 is 5.32 Å². The lowest BCUT2D eigenvalue weighted by Gasteiger charge is -2.07. The summed E-state index contributed by atoms with van der Waals surface area (Å²) >= 11 is 5.27. The quantitative estimate of drug-likeness (QED) is 0.680. The van der Waals surface area contributed by atoms with Gasteiger partial charge in [0, 0.05) is 23.7 Å². The molecule has 4 heteroatoms. The Kier molecular flexibility index (Phi) is 3.04. The van der Waals surface area contributed by atoms with Crippen molar-refractivity contribution < 1.29 is 0 Å². The van der Waals surface area contributed by atoms with Crippen LogP contribution in [0.1, 0.15) is 6.92 Å². The average Bonchev–Trinajstić information content (AvgIpc) is 2.30. The molecule has 0 bridgehead atoms. The highest BCUT2D eigenvalue weighted by atomic mass is 79.9. The SMILES string of the molecule is CN=C1NC(C)C(CBr)S1. The molecule has 0 spiro atoms. The molecule has 0 amide bonds. The fourth-order valence-corrected chi connectivity index (χ4v) is 2.79. The van der Waals surface area contributed by atoms with E-state index in [9.17, 15) is 0 Å². The van der Waals surface area contributed by atoms with Crippen LogP contribution in [0.3, 0.4) is 0 Å². The first-order chi connectivity index (χ1) is 4.77. The summed E-state index contributed by atoms with van der Waals surface area (Å²) in [4.78, 5) is 4.08. The Bertz CT molecular complexity index is 149. The van der Waals surface area contributed by atoms with Crippen molar-refractivity contribution in [2.24, 2.45) is 4.99 Å². The lowest BCUT2D eigenvalue weighted by Crippen LogP contribution is -2.28. The zero-order valence-corrected chi connectivity index (χ0v) is 8.50. The molecule has 1 N–H and O–H groups in total. The number of hydrogen-bond donors (Lipinski definition) is 1. The first-order valence-electron chi connectivity index (χ1n) is 3.24. The van der Waals surface area contributed by atoms with E-state index in [1.54, 1.807) is 0 Å². The van der Waals surface area contributed by atoms with Crippen molar-refractivity contribution in [1.82, 2.24) is 5.32 Å². The fourth-order valence-electron chi connectivity index (χ4n) is 0.850. The van der Waals surface area contributed by atoms with Crippen molar-refractivity contribution in [3.63, 3.8) is 0 Å². The summed E-state index contributed by atoms with van der Waals surface area (Å²) in [5, 5.41) is 6.02. The van der Waals surface area contributed by atoms with Crippen LogP contribution in [-0.4, -0.2) is 28.8 Å². The van der Waals surface area contributed by atoms with Crippen LogP contribution in [0.4, 0.5) is 0 Å². The molecule has 1 fully saturated rings. The minimum absolute atomic E-state index is 0.545. The zero-order valence-electron chi connectivity index (χ0n) is 6.10. The molecule has 2 nitrogen and oxygen atoms in total. The highest BCUT2D eigenvalue weighted by molar-refractivity contribution is 9.09. The van der Waals surface area contributed by atoms with Crippen molar-refractivity contribution >= 4 is 32.9 Å². The lowest BCUT2D eigenvalue weighted by atomic mass is 10.3. The third kappa shape index (κ3) is 1.66. The smallest absolute Gasteiger partial charge is 0.156 e. The van der Waals surface area contributed by atoms with E-state index < -0.39 is 0 Å². The van der Waals surface area contributed by atoms with E-state index in [1.807, 2.05) is 18.8 Å². The first-order valence-corrected chi connectivity index (χ1v) is 5.24. The Hall–Kier alpha value is 0.300. The summed E-state index contributed by atoms with van der Waals surface area (Å²) in [5.74, 6) is 0. The van der Waals surface area contributed by atoms with Gasteiger partial charge in [-0.3, -0.25) is 4.99 Å². The Morgan fingerprint density at radius 2 is 2.50 bits per heavy atom. The van der Waals surface area contributed by atoms with Gasteiger partial charge in [-0.15, -0.1) is 0 Å². The van der Waals surface area contributed by atoms with Crippen LogP contribution >= 0.6 is 27.7 Å². The summed E-state index contributed by atoms with van der Waals surface area (Å²) in [7, 11) is 1.82. The highest BCUT2D eigenvalue weighted by Crippen LogP contribution is 2.24. The van der Waals surface area contributed by atoms with E-state index in [2.05, 4.69) is 33.2 Å². The minimum Gasteiger partial charge on any atom is -0.361 e. The molecule has 1 aliphatic rings. The molecule has 0 saturated carbocycles. The summed E-state index contributed by atoms with van der Waals surface area (Å²) in [6.07, 6.45) is 0. The van der Waals surface area contributed by atoms with Gasteiger partial charge in [-0.2, -0.15) is 0 Å². The second-order valence-corrected chi connectivity index (χ2v) is 4.15. The van der Waals surface area contributed by atoms with Gasteiger partial charge in [0.2, 0.25) is 0 Å². The molecule has 58 valence electrons. The van der Waals surface area contributed by atoms with Crippen LogP contribution in [0, 0.1) is 0 Å². The molecule has 1 heterocycles. The molecule has 1 rings (SSSR count). The molecule has 0 aromatic heterocycles. The topological polar surface area (TPSA) is 24.4 Å². The standard InChI is InChI=1S/C6H11BrN2S/c1-4-5(3-7)10-6(8-2)9-4/h4-5H,3H2,1-2H3,(H,8,9). The monoisotopic (exact) mass is 222 g/mol. The largest absolute Gasteiger partial charge is 0.361 e. The lowest BCUT2D eigenvalue weighted by molar-refractivity contribution is 0.686. The van der Waals surface area contributed by atoms with Gasteiger partial charge in [0.25, 0.3) is 0 Å². The summed E-state index contributed by atoms with van der Waals surface area (Å²) < 4.78 is 0. The number of halogens is 1. The molecule has 10 heavy (non-hydrogen) atoms. The number of hydrogen-bond acceptors (Lipinski definition) is 2. The molecule has 1 aliphatic heterocycles. The van der Waals surface area contributed by atoms with E-state index in [1.165, 1.54) is 0 Å². The second kappa shape index (κ2) is 3.62. The maximum atomic E-state index is 4.08. The van der Waals surface area contributed by atoms with E-state index in [0.29, 0.717) is 11.3 Å². The van der Waals surface area contributed by atoms with Gasteiger partial charge in [-0.25, -0.2) is 0 Å². The zero-order chi connectivity index (χ0) is 7.56. The number of nitrogens with zero attached hydrogens (tertiary/aromatic N) is 1. The number of thioether (sulfide) groups is 1. The normalized spacial score (nSPS) is 36.5. The summed E-state index contributed by atoms with van der Waals surface area (Å²) in [6, 6.07) is 0.545. The third-order valence-corrected chi connectivity index (χ3v) is 4.05. The number of nitrogens with one attached hydrogen (secondary N) is 1. The van der Waals surface area contributed by atoms with Crippen LogP contribution in [0.25, 0.3) is 0 Å². The van der Waals surface area contributed by atoms with Crippen molar-refractivity contribution in [2.75, 3.05) is 12.4 Å². The highest BCUT2D eigenvalue weighted by Gasteiger charge is 2.26. The molecule has 0 radical (unpaired) electrons. The predicted octanol–water partition coefficient (Wildman–Crippen LogP) is 1.46. The number of aliphatic imine (C=N–C) groups is 1. The van der Waals surface area contributed by atoms with Gasteiger partial charge in [0.1, 0.15) is 0 Å². The molecule has 0 aliphatic carbocycles. The van der Waals surface area contributed by atoms with Crippen molar-refractivity contribution in [3.8, 4) is 0 Å². The van der Waals surface area contributed by atoms with Crippen LogP contribution in [0.5, 0.6) is 0 Å². The number of amidine groups is 1. The summed E-state index contributed by atoms with van der Waals surface area (Å²) in [5.41, 5.74) is 0. The maximum absolute atomic E-state index is 4.08. The second-order valence-electron chi connectivity index (χ2n) is 2.27. The Morgan fingerprint density at radius 1 is 1.80 bits per heavy atom.